The van der Waals surface area contributed by atoms with Crippen molar-refractivity contribution >= 4 is 28.9 Å². The highest BCUT2D eigenvalue weighted by Gasteiger charge is 2.06. The Morgan fingerprint density at radius 1 is 1.09 bits per heavy atom. The molecule has 2 N–H and O–H groups in total. The zero-order valence-electron chi connectivity index (χ0n) is 13.0. The van der Waals surface area contributed by atoms with Gasteiger partial charge in [-0.3, -0.25) is 0 Å². The van der Waals surface area contributed by atoms with Gasteiger partial charge in [0.1, 0.15) is 0 Å². The standard InChI is InChI=1S/C18H21N3S/c1-13(2)14-7-3-4-8-15(14)19-11-12-21-17-10-6-5-9-16(17)20-18(21)22/h3-10,13,19H,11-12H2,1-2H3,(H,20,22). The van der Waals surface area contributed by atoms with Crippen LogP contribution in [0.25, 0.3) is 11.0 Å². The molecule has 0 saturated heterocycles. The van der Waals surface area contributed by atoms with Gasteiger partial charge in [0, 0.05) is 18.8 Å². The number of anilines is 1. The number of imidazole rings is 1. The second-order valence-electron chi connectivity index (χ2n) is 5.77. The Kier molecular flexibility index (Phi) is 4.29. The Morgan fingerprint density at radius 3 is 2.64 bits per heavy atom. The van der Waals surface area contributed by atoms with Gasteiger partial charge in [0.2, 0.25) is 0 Å². The number of fused-ring (bicyclic) bond motifs is 1. The normalized spacial score (nSPS) is 11.2. The zero-order chi connectivity index (χ0) is 15.5. The van der Waals surface area contributed by atoms with E-state index in [0.29, 0.717) is 5.92 Å². The van der Waals surface area contributed by atoms with E-state index >= 15 is 0 Å². The zero-order valence-corrected chi connectivity index (χ0v) is 13.8. The Labute approximate surface area is 136 Å². The van der Waals surface area contributed by atoms with Crippen LogP contribution in [0, 0.1) is 4.77 Å². The molecule has 0 unspecified atom stereocenters. The van der Waals surface area contributed by atoms with E-state index < -0.39 is 0 Å². The van der Waals surface area contributed by atoms with Crippen LogP contribution in [-0.4, -0.2) is 16.1 Å². The van der Waals surface area contributed by atoms with Crippen LogP contribution in [0.3, 0.4) is 0 Å². The summed E-state index contributed by atoms with van der Waals surface area (Å²) in [6.07, 6.45) is 0. The lowest BCUT2D eigenvalue weighted by Crippen LogP contribution is -2.12. The lowest BCUT2D eigenvalue weighted by atomic mass is 10.0. The molecule has 3 rings (SSSR count). The minimum atomic E-state index is 0.513. The van der Waals surface area contributed by atoms with Crippen molar-refractivity contribution in [2.24, 2.45) is 0 Å². The number of aromatic nitrogens is 2. The molecule has 0 bridgehead atoms. The monoisotopic (exact) mass is 311 g/mol. The largest absolute Gasteiger partial charge is 0.383 e. The third kappa shape index (κ3) is 2.92. The van der Waals surface area contributed by atoms with E-state index in [1.807, 2.05) is 12.1 Å². The first kappa shape index (κ1) is 14.9. The molecule has 2 aromatic carbocycles. The maximum Gasteiger partial charge on any atom is 0.178 e. The lowest BCUT2D eigenvalue weighted by Gasteiger charge is -2.15. The number of benzene rings is 2. The molecule has 4 heteroatoms. The number of hydrogen-bond donors (Lipinski definition) is 2. The van der Waals surface area contributed by atoms with Gasteiger partial charge in [-0.15, -0.1) is 0 Å². The van der Waals surface area contributed by atoms with Crippen LogP contribution in [0.2, 0.25) is 0 Å². The summed E-state index contributed by atoms with van der Waals surface area (Å²) in [5, 5.41) is 3.54. The first-order valence-electron chi connectivity index (χ1n) is 7.67. The number of para-hydroxylation sites is 3. The molecule has 0 aliphatic carbocycles. The molecule has 0 atom stereocenters. The van der Waals surface area contributed by atoms with Crippen molar-refractivity contribution in [3.05, 3.63) is 58.9 Å². The van der Waals surface area contributed by atoms with Crippen LogP contribution in [0.1, 0.15) is 25.3 Å². The summed E-state index contributed by atoms with van der Waals surface area (Å²) >= 11 is 5.43. The number of hydrogen-bond acceptors (Lipinski definition) is 2. The number of H-pyrrole nitrogens is 1. The number of rotatable bonds is 5. The number of nitrogens with one attached hydrogen (secondary N) is 2. The minimum Gasteiger partial charge on any atom is -0.383 e. The first-order chi connectivity index (χ1) is 10.7. The van der Waals surface area contributed by atoms with Gasteiger partial charge in [-0.1, -0.05) is 44.2 Å². The van der Waals surface area contributed by atoms with E-state index in [-0.39, 0.29) is 0 Å². The third-order valence-corrected chi connectivity index (χ3v) is 4.24. The van der Waals surface area contributed by atoms with Crippen molar-refractivity contribution in [2.75, 3.05) is 11.9 Å². The second-order valence-corrected chi connectivity index (χ2v) is 6.15. The fourth-order valence-corrected chi connectivity index (χ4v) is 3.09. The molecule has 1 heterocycles. The maximum atomic E-state index is 5.43. The summed E-state index contributed by atoms with van der Waals surface area (Å²) in [7, 11) is 0. The van der Waals surface area contributed by atoms with Crippen LogP contribution in [0.15, 0.2) is 48.5 Å². The molecule has 22 heavy (non-hydrogen) atoms. The lowest BCUT2D eigenvalue weighted by molar-refractivity contribution is 0.736. The van der Waals surface area contributed by atoms with Crippen LogP contribution < -0.4 is 5.32 Å². The van der Waals surface area contributed by atoms with Crippen molar-refractivity contribution in [1.82, 2.24) is 9.55 Å². The summed E-state index contributed by atoms with van der Waals surface area (Å²) in [5.74, 6) is 0.513. The van der Waals surface area contributed by atoms with Crippen molar-refractivity contribution in [1.29, 1.82) is 0 Å². The van der Waals surface area contributed by atoms with Crippen LogP contribution >= 0.6 is 12.2 Å². The summed E-state index contributed by atoms with van der Waals surface area (Å²) < 4.78 is 2.93. The fourth-order valence-electron chi connectivity index (χ4n) is 2.79. The SMILES string of the molecule is CC(C)c1ccccc1NCCn1c(=S)[nH]c2ccccc21. The molecule has 0 spiro atoms. The highest BCUT2D eigenvalue weighted by atomic mass is 32.1. The van der Waals surface area contributed by atoms with Crippen molar-refractivity contribution < 1.29 is 0 Å². The van der Waals surface area contributed by atoms with Gasteiger partial charge in [0.25, 0.3) is 0 Å². The number of aromatic amines is 1. The summed E-state index contributed by atoms with van der Waals surface area (Å²) in [6, 6.07) is 16.7. The molecule has 0 fully saturated rings. The predicted octanol–water partition coefficient (Wildman–Crippen LogP) is 4.93. The quantitative estimate of drug-likeness (QED) is 0.655. The van der Waals surface area contributed by atoms with Crippen LogP contribution in [0.4, 0.5) is 5.69 Å². The Bertz CT molecular complexity index is 829. The molecule has 0 amide bonds. The molecule has 0 radical (unpaired) electrons. The van der Waals surface area contributed by atoms with Gasteiger partial charge in [0.15, 0.2) is 4.77 Å². The van der Waals surface area contributed by atoms with Gasteiger partial charge in [0.05, 0.1) is 11.0 Å². The van der Waals surface area contributed by atoms with E-state index in [1.54, 1.807) is 0 Å². The second kappa shape index (κ2) is 6.36. The molecule has 3 aromatic rings. The van der Waals surface area contributed by atoms with E-state index in [9.17, 15) is 0 Å². The molecule has 0 aliphatic heterocycles. The van der Waals surface area contributed by atoms with Crippen LogP contribution in [-0.2, 0) is 6.54 Å². The Morgan fingerprint density at radius 2 is 1.82 bits per heavy atom. The van der Waals surface area contributed by atoms with E-state index in [0.717, 1.165) is 28.9 Å². The molecule has 3 nitrogen and oxygen atoms in total. The Hall–Kier alpha value is -2.07. The molecule has 114 valence electrons. The van der Waals surface area contributed by atoms with Gasteiger partial charge in [-0.25, -0.2) is 0 Å². The van der Waals surface area contributed by atoms with E-state index in [2.05, 4.69) is 65.1 Å². The Balaban J connectivity index is 1.76. The molecule has 1 aromatic heterocycles. The highest BCUT2D eigenvalue weighted by Crippen LogP contribution is 2.23. The predicted molar refractivity (Wildman–Crippen MR) is 96.1 cm³/mol. The molecule has 0 aliphatic rings. The molecular formula is C18H21N3S. The van der Waals surface area contributed by atoms with Gasteiger partial charge in [-0.2, -0.15) is 0 Å². The van der Waals surface area contributed by atoms with Gasteiger partial charge >= 0.3 is 0 Å². The number of nitrogens with zero attached hydrogens (tertiary/aromatic N) is 1. The summed E-state index contributed by atoms with van der Waals surface area (Å²) in [5.41, 5.74) is 4.82. The van der Waals surface area contributed by atoms with E-state index in [1.165, 1.54) is 11.3 Å². The van der Waals surface area contributed by atoms with Crippen molar-refractivity contribution in [3.8, 4) is 0 Å². The van der Waals surface area contributed by atoms with Crippen LogP contribution in [0.5, 0.6) is 0 Å². The fraction of sp³-hybridized carbons (Fsp3) is 0.278. The average molecular weight is 311 g/mol. The highest BCUT2D eigenvalue weighted by molar-refractivity contribution is 7.71. The maximum absolute atomic E-state index is 5.43. The molecule has 0 saturated carbocycles. The topological polar surface area (TPSA) is 32.8 Å². The first-order valence-corrected chi connectivity index (χ1v) is 8.08. The minimum absolute atomic E-state index is 0.513. The average Bonchev–Trinajstić information content (AvgIpc) is 2.83. The van der Waals surface area contributed by atoms with Gasteiger partial charge in [-0.05, 0) is 41.9 Å². The van der Waals surface area contributed by atoms with Gasteiger partial charge < -0.3 is 14.9 Å². The van der Waals surface area contributed by atoms with E-state index in [4.69, 9.17) is 12.2 Å². The van der Waals surface area contributed by atoms with Crippen molar-refractivity contribution in [3.63, 3.8) is 0 Å². The third-order valence-electron chi connectivity index (χ3n) is 3.92. The van der Waals surface area contributed by atoms with Crippen molar-refractivity contribution in [2.45, 2.75) is 26.3 Å². The molecular weight excluding hydrogens is 290 g/mol. The summed E-state index contributed by atoms with van der Waals surface area (Å²) in [6.45, 7) is 6.13. The summed E-state index contributed by atoms with van der Waals surface area (Å²) in [4.78, 5) is 3.26. The smallest absolute Gasteiger partial charge is 0.178 e.